The van der Waals surface area contributed by atoms with E-state index < -0.39 is 5.54 Å². The maximum Gasteiger partial charge on any atom is 0.161 e. The summed E-state index contributed by atoms with van der Waals surface area (Å²) in [6.45, 7) is 2.86. The topological polar surface area (TPSA) is 150 Å². The highest BCUT2D eigenvalue weighted by Crippen LogP contribution is 2.15. The largest absolute Gasteiger partial charge is 0.330 e. The zero-order valence-electron chi connectivity index (χ0n) is 16.4. The molecule has 0 amide bonds. The molecule has 154 valence electrons. The molecule has 0 aromatic heterocycles. The number of carbonyl (C=O) groups is 2. The average Bonchev–Trinajstić information content (AvgIpc) is 2.64. The van der Waals surface area contributed by atoms with Crippen LogP contribution in [-0.4, -0.2) is 49.8 Å². The van der Waals surface area contributed by atoms with Gasteiger partial charge in [0.05, 0.1) is 0 Å². The minimum Gasteiger partial charge on any atom is -0.330 e. The molecule has 0 saturated carbocycles. The third-order valence-electron chi connectivity index (χ3n) is 4.67. The second-order valence-electron chi connectivity index (χ2n) is 7.04. The van der Waals surface area contributed by atoms with Gasteiger partial charge in [0.25, 0.3) is 0 Å². The van der Waals surface area contributed by atoms with Crippen LogP contribution in [0.25, 0.3) is 0 Å². The molecule has 0 aromatic carbocycles. The lowest BCUT2D eigenvalue weighted by Gasteiger charge is -2.27. The summed E-state index contributed by atoms with van der Waals surface area (Å²) in [5, 5.41) is 3.20. The fourth-order valence-corrected chi connectivity index (χ4v) is 2.87. The molecule has 26 heavy (non-hydrogen) atoms. The van der Waals surface area contributed by atoms with Crippen LogP contribution in [0.1, 0.15) is 70.6 Å². The van der Waals surface area contributed by atoms with E-state index in [2.05, 4.69) is 5.32 Å². The number of nitrogens with two attached hydrogens (primary N) is 4. The predicted octanol–water partition coefficient (Wildman–Crippen LogP) is 0.579. The SMILES string of the molecule is NCCCCCNCC(N)(C(=O)CCCCCN)C(=O)CCCCCN. The van der Waals surface area contributed by atoms with Crippen LogP contribution in [0.4, 0.5) is 0 Å². The molecule has 0 bridgehead atoms. The molecule has 9 N–H and O–H groups in total. The molecule has 0 aliphatic rings. The Kier molecular flexibility index (Phi) is 15.8. The molecule has 0 unspecified atom stereocenters. The molecular weight excluding hydrogens is 330 g/mol. The van der Waals surface area contributed by atoms with Gasteiger partial charge in [-0.25, -0.2) is 0 Å². The van der Waals surface area contributed by atoms with Gasteiger partial charge >= 0.3 is 0 Å². The molecule has 0 spiro atoms. The highest BCUT2D eigenvalue weighted by Gasteiger charge is 2.39. The lowest BCUT2D eigenvalue weighted by Crippen LogP contribution is -2.61. The molecule has 0 heterocycles. The standard InChI is InChI=1S/C19H41N5O2/c20-12-6-1-4-10-17(25)19(23,16-24-15-9-3-8-14-22)18(26)11-5-2-7-13-21/h24H,1-16,20-23H2. The Hall–Kier alpha value is -0.860. The maximum atomic E-state index is 12.7. The predicted molar refractivity (Wildman–Crippen MR) is 108 cm³/mol. The smallest absolute Gasteiger partial charge is 0.161 e. The zero-order valence-corrected chi connectivity index (χ0v) is 16.4. The average molecular weight is 372 g/mol. The minimum absolute atomic E-state index is 0.159. The van der Waals surface area contributed by atoms with E-state index in [1.165, 1.54) is 0 Å². The van der Waals surface area contributed by atoms with E-state index in [1.54, 1.807) is 0 Å². The van der Waals surface area contributed by atoms with Crippen LogP contribution in [-0.2, 0) is 9.59 Å². The van der Waals surface area contributed by atoms with Gasteiger partial charge in [0.2, 0.25) is 0 Å². The molecule has 0 atom stereocenters. The van der Waals surface area contributed by atoms with Gasteiger partial charge in [-0.05, 0) is 64.7 Å². The van der Waals surface area contributed by atoms with Gasteiger partial charge in [0, 0.05) is 19.4 Å². The fraction of sp³-hybridized carbons (Fsp3) is 0.895. The van der Waals surface area contributed by atoms with E-state index >= 15 is 0 Å². The van der Waals surface area contributed by atoms with Crippen LogP contribution in [0, 0.1) is 0 Å². The van der Waals surface area contributed by atoms with E-state index in [0.717, 1.165) is 64.3 Å². The van der Waals surface area contributed by atoms with E-state index in [-0.39, 0.29) is 18.1 Å². The second-order valence-corrected chi connectivity index (χ2v) is 7.04. The van der Waals surface area contributed by atoms with Crippen LogP contribution in [0.5, 0.6) is 0 Å². The molecule has 0 aliphatic carbocycles. The monoisotopic (exact) mass is 371 g/mol. The van der Waals surface area contributed by atoms with E-state index in [1.807, 2.05) is 0 Å². The van der Waals surface area contributed by atoms with Crippen molar-refractivity contribution in [3.8, 4) is 0 Å². The number of Topliss-reactive ketones (excluding diaryl/α,β-unsaturated/α-hetero) is 2. The first-order chi connectivity index (χ1) is 12.5. The number of unbranched alkanes of at least 4 members (excludes halogenated alkanes) is 6. The van der Waals surface area contributed by atoms with E-state index in [4.69, 9.17) is 22.9 Å². The molecule has 0 fully saturated rings. The Labute approximate surface area is 159 Å². The number of hydrogen-bond acceptors (Lipinski definition) is 7. The Morgan fingerprint density at radius 2 is 1.08 bits per heavy atom. The van der Waals surface area contributed by atoms with Crippen LogP contribution in [0.2, 0.25) is 0 Å². The highest BCUT2D eigenvalue weighted by atomic mass is 16.2. The van der Waals surface area contributed by atoms with Crippen molar-refractivity contribution in [2.75, 3.05) is 32.7 Å². The van der Waals surface area contributed by atoms with Crippen molar-refractivity contribution in [3.63, 3.8) is 0 Å². The van der Waals surface area contributed by atoms with Crippen LogP contribution < -0.4 is 28.3 Å². The molecule has 0 aliphatic heterocycles. The lowest BCUT2D eigenvalue weighted by atomic mass is 9.84. The second kappa shape index (κ2) is 16.3. The van der Waals surface area contributed by atoms with Gasteiger partial charge in [0.1, 0.15) is 5.54 Å². The van der Waals surface area contributed by atoms with Crippen LogP contribution in [0.15, 0.2) is 0 Å². The summed E-state index contributed by atoms with van der Waals surface area (Å²) < 4.78 is 0. The van der Waals surface area contributed by atoms with Gasteiger partial charge in [-0.15, -0.1) is 0 Å². The van der Waals surface area contributed by atoms with Crippen molar-refractivity contribution < 1.29 is 9.59 Å². The molecular formula is C19H41N5O2. The van der Waals surface area contributed by atoms with Crippen molar-refractivity contribution in [2.45, 2.75) is 76.2 Å². The normalized spacial score (nSPS) is 11.7. The Morgan fingerprint density at radius 3 is 1.50 bits per heavy atom. The van der Waals surface area contributed by atoms with E-state index in [9.17, 15) is 9.59 Å². The van der Waals surface area contributed by atoms with Gasteiger partial charge < -0.3 is 28.3 Å². The number of nitrogens with one attached hydrogen (secondary N) is 1. The van der Waals surface area contributed by atoms with Gasteiger partial charge in [-0.1, -0.05) is 19.3 Å². The first-order valence-electron chi connectivity index (χ1n) is 10.2. The number of rotatable bonds is 19. The molecule has 0 rings (SSSR count). The van der Waals surface area contributed by atoms with Gasteiger partial charge in [0.15, 0.2) is 11.6 Å². The van der Waals surface area contributed by atoms with Crippen molar-refractivity contribution in [1.82, 2.24) is 5.32 Å². The molecule has 7 nitrogen and oxygen atoms in total. The summed E-state index contributed by atoms with van der Waals surface area (Å²) in [4.78, 5) is 25.3. The first kappa shape index (κ1) is 25.1. The highest BCUT2D eigenvalue weighted by molar-refractivity contribution is 6.11. The minimum atomic E-state index is -1.42. The van der Waals surface area contributed by atoms with Crippen molar-refractivity contribution in [3.05, 3.63) is 0 Å². The van der Waals surface area contributed by atoms with Crippen molar-refractivity contribution in [1.29, 1.82) is 0 Å². The Balaban J connectivity index is 4.57. The zero-order chi connectivity index (χ0) is 19.7. The number of hydrogen-bond donors (Lipinski definition) is 5. The third-order valence-corrected chi connectivity index (χ3v) is 4.67. The van der Waals surface area contributed by atoms with Crippen molar-refractivity contribution in [2.24, 2.45) is 22.9 Å². The molecule has 7 heteroatoms. The van der Waals surface area contributed by atoms with Crippen molar-refractivity contribution >= 4 is 11.6 Å². The van der Waals surface area contributed by atoms with Gasteiger partial charge in [-0.2, -0.15) is 0 Å². The third kappa shape index (κ3) is 11.0. The summed E-state index contributed by atoms with van der Waals surface area (Å²) in [7, 11) is 0. The summed E-state index contributed by atoms with van der Waals surface area (Å²) in [5.74, 6) is -0.319. The maximum absolute atomic E-state index is 12.7. The number of ketones is 2. The molecule has 0 radical (unpaired) electrons. The summed E-state index contributed by atoms with van der Waals surface area (Å²) in [6, 6.07) is 0. The molecule has 0 aromatic rings. The number of carbonyl (C=O) groups excluding carboxylic acids is 2. The van der Waals surface area contributed by atoms with Gasteiger partial charge in [-0.3, -0.25) is 9.59 Å². The van der Waals surface area contributed by atoms with Crippen LogP contribution in [0.3, 0.4) is 0 Å². The quantitative estimate of drug-likeness (QED) is 0.164. The summed E-state index contributed by atoms with van der Waals surface area (Å²) in [5.41, 5.74) is 21.4. The Morgan fingerprint density at radius 1 is 0.654 bits per heavy atom. The lowest BCUT2D eigenvalue weighted by molar-refractivity contribution is -0.134. The van der Waals surface area contributed by atoms with E-state index in [0.29, 0.717) is 32.5 Å². The van der Waals surface area contributed by atoms with Crippen LogP contribution >= 0.6 is 0 Å². The first-order valence-corrected chi connectivity index (χ1v) is 10.2. The summed E-state index contributed by atoms with van der Waals surface area (Å²) in [6.07, 6.45) is 8.64. The summed E-state index contributed by atoms with van der Waals surface area (Å²) >= 11 is 0. The fourth-order valence-electron chi connectivity index (χ4n) is 2.87. The Bertz CT molecular complexity index is 353. The molecule has 0 saturated heterocycles.